The number of hydrogen-bond acceptors (Lipinski definition) is 2. The topological polar surface area (TPSA) is 25.2 Å². The first-order chi connectivity index (χ1) is 8.35. The first kappa shape index (κ1) is 12.7. The predicted molar refractivity (Wildman–Crippen MR) is 70.9 cm³/mol. The minimum absolute atomic E-state index is 0.497. The van der Waals surface area contributed by atoms with Gasteiger partial charge in [-0.25, -0.2) is 0 Å². The van der Waals surface area contributed by atoms with E-state index in [4.69, 9.17) is 4.42 Å². The fourth-order valence-corrected chi connectivity index (χ4v) is 3.16. The van der Waals surface area contributed by atoms with Gasteiger partial charge in [-0.3, -0.25) is 0 Å². The number of nitrogens with one attached hydrogen (secondary N) is 1. The Bertz CT molecular complexity index is 299. The molecular weight excluding hydrogens is 210 g/mol. The van der Waals surface area contributed by atoms with Gasteiger partial charge in [-0.15, -0.1) is 0 Å². The molecule has 0 aliphatic heterocycles. The third-order valence-corrected chi connectivity index (χ3v) is 4.27. The minimum atomic E-state index is 0.497. The van der Waals surface area contributed by atoms with E-state index >= 15 is 0 Å². The van der Waals surface area contributed by atoms with Gasteiger partial charge in [0.1, 0.15) is 0 Å². The molecule has 1 heterocycles. The van der Waals surface area contributed by atoms with Crippen LogP contribution in [0.2, 0.25) is 0 Å². The monoisotopic (exact) mass is 235 g/mol. The smallest absolute Gasteiger partial charge is 0.0950 e. The summed E-state index contributed by atoms with van der Waals surface area (Å²) in [5.41, 5.74) is 1.33. The first-order valence-electron chi connectivity index (χ1n) is 7.10. The quantitative estimate of drug-likeness (QED) is 0.829. The van der Waals surface area contributed by atoms with Crippen LogP contribution in [-0.2, 0) is 0 Å². The lowest BCUT2D eigenvalue weighted by molar-refractivity contribution is 0.219. The van der Waals surface area contributed by atoms with Crippen molar-refractivity contribution in [1.29, 1.82) is 0 Å². The molecule has 2 nitrogen and oxygen atoms in total. The molecule has 2 rings (SSSR count). The molecule has 0 bridgehead atoms. The summed E-state index contributed by atoms with van der Waals surface area (Å²) in [5, 5.41) is 3.63. The highest BCUT2D eigenvalue weighted by atomic mass is 16.3. The molecule has 1 saturated carbocycles. The van der Waals surface area contributed by atoms with Gasteiger partial charge in [-0.2, -0.15) is 0 Å². The van der Waals surface area contributed by atoms with Gasteiger partial charge in [0, 0.05) is 11.6 Å². The normalized spacial score (nSPS) is 26.9. The highest BCUT2D eigenvalue weighted by Crippen LogP contribution is 2.37. The zero-order valence-corrected chi connectivity index (χ0v) is 11.1. The molecule has 17 heavy (non-hydrogen) atoms. The maximum atomic E-state index is 5.23. The zero-order valence-electron chi connectivity index (χ0n) is 11.1. The third kappa shape index (κ3) is 3.12. The van der Waals surface area contributed by atoms with Gasteiger partial charge in [0.05, 0.1) is 12.5 Å². The fraction of sp³-hybridized carbons (Fsp3) is 0.733. The van der Waals surface area contributed by atoms with Crippen LogP contribution in [0.15, 0.2) is 23.0 Å². The Hall–Kier alpha value is -0.760. The molecule has 1 N–H and O–H groups in total. The second kappa shape index (κ2) is 6.25. The third-order valence-electron chi connectivity index (χ3n) is 4.27. The van der Waals surface area contributed by atoms with Crippen LogP contribution in [0.5, 0.6) is 0 Å². The van der Waals surface area contributed by atoms with Crippen molar-refractivity contribution in [3.63, 3.8) is 0 Å². The summed E-state index contributed by atoms with van der Waals surface area (Å²) in [6.07, 6.45) is 10.6. The molecule has 1 aromatic heterocycles. The summed E-state index contributed by atoms with van der Waals surface area (Å²) in [7, 11) is 0. The minimum Gasteiger partial charge on any atom is -0.472 e. The maximum absolute atomic E-state index is 5.23. The van der Waals surface area contributed by atoms with E-state index in [-0.39, 0.29) is 0 Å². The van der Waals surface area contributed by atoms with Crippen LogP contribution in [0, 0.1) is 11.8 Å². The van der Waals surface area contributed by atoms with Crippen molar-refractivity contribution in [2.24, 2.45) is 11.8 Å². The molecule has 1 unspecified atom stereocenters. The Balaban J connectivity index is 1.98. The number of furan rings is 1. The van der Waals surface area contributed by atoms with Gasteiger partial charge in [0.15, 0.2) is 0 Å². The van der Waals surface area contributed by atoms with Crippen molar-refractivity contribution in [2.45, 2.75) is 52.0 Å². The molecule has 0 radical (unpaired) electrons. The van der Waals surface area contributed by atoms with Crippen LogP contribution >= 0.6 is 0 Å². The molecule has 0 amide bonds. The Kier molecular flexibility index (Phi) is 4.66. The van der Waals surface area contributed by atoms with E-state index in [1.54, 1.807) is 6.26 Å². The van der Waals surface area contributed by atoms with E-state index in [9.17, 15) is 0 Å². The summed E-state index contributed by atoms with van der Waals surface area (Å²) in [4.78, 5) is 0. The van der Waals surface area contributed by atoms with Gasteiger partial charge in [-0.1, -0.05) is 33.1 Å². The first-order valence-corrected chi connectivity index (χ1v) is 7.10. The van der Waals surface area contributed by atoms with E-state index in [0.29, 0.717) is 6.04 Å². The van der Waals surface area contributed by atoms with Crippen molar-refractivity contribution >= 4 is 0 Å². The molecule has 0 aromatic carbocycles. The van der Waals surface area contributed by atoms with Gasteiger partial charge < -0.3 is 9.73 Å². The average molecular weight is 235 g/mol. The summed E-state index contributed by atoms with van der Waals surface area (Å²) in [5.74, 6) is 1.76. The van der Waals surface area contributed by atoms with Crippen molar-refractivity contribution in [2.75, 3.05) is 6.54 Å². The van der Waals surface area contributed by atoms with E-state index in [1.165, 1.54) is 37.7 Å². The lowest BCUT2D eigenvalue weighted by Crippen LogP contribution is -2.30. The van der Waals surface area contributed by atoms with Crippen molar-refractivity contribution in [3.05, 3.63) is 24.2 Å². The molecule has 1 aliphatic carbocycles. The van der Waals surface area contributed by atoms with E-state index in [0.717, 1.165) is 18.4 Å². The average Bonchev–Trinajstić information content (AvgIpc) is 2.90. The summed E-state index contributed by atoms with van der Waals surface area (Å²) < 4.78 is 5.23. The molecule has 2 heteroatoms. The Morgan fingerprint density at radius 3 is 2.59 bits per heavy atom. The number of rotatable bonds is 5. The molecule has 0 saturated heterocycles. The molecule has 1 fully saturated rings. The molecule has 96 valence electrons. The second-order valence-electron chi connectivity index (χ2n) is 5.28. The predicted octanol–water partition coefficient (Wildman–Crippen LogP) is 4.15. The van der Waals surface area contributed by atoms with Gasteiger partial charge >= 0.3 is 0 Å². The van der Waals surface area contributed by atoms with Gasteiger partial charge in [0.2, 0.25) is 0 Å². The van der Waals surface area contributed by atoms with Crippen LogP contribution in [-0.4, -0.2) is 6.54 Å². The lowest BCUT2D eigenvalue weighted by atomic mass is 9.76. The Labute approximate surface area is 105 Å². The van der Waals surface area contributed by atoms with E-state index in [2.05, 4.69) is 25.2 Å². The van der Waals surface area contributed by atoms with Crippen LogP contribution in [0.3, 0.4) is 0 Å². The van der Waals surface area contributed by atoms with Crippen LogP contribution < -0.4 is 5.32 Å². The molecule has 0 spiro atoms. The van der Waals surface area contributed by atoms with Crippen molar-refractivity contribution in [3.8, 4) is 0 Å². The SMILES string of the molecule is CCNC(c1ccoc1)C1CCC(CC)CC1. The Morgan fingerprint density at radius 1 is 1.29 bits per heavy atom. The number of hydrogen-bond donors (Lipinski definition) is 1. The summed E-state index contributed by atoms with van der Waals surface area (Å²) in [6, 6.07) is 2.61. The highest BCUT2D eigenvalue weighted by Gasteiger charge is 2.27. The largest absolute Gasteiger partial charge is 0.472 e. The van der Waals surface area contributed by atoms with Crippen LogP contribution in [0.1, 0.15) is 57.6 Å². The molecular formula is C15H25NO. The van der Waals surface area contributed by atoms with Crippen molar-refractivity contribution in [1.82, 2.24) is 5.32 Å². The maximum Gasteiger partial charge on any atom is 0.0950 e. The zero-order chi connectivity index (χ0) is 12.1. The van der Waals surface area contributed by atoms with Crippen LogP contribution in [0.4, 0.5) is 0 Å². The standard InChI is InChI=1S/C15H25NO/c1-3-12-5-7-13(8-6-12)15(16-4-2)14-9-10-17-11-14/h9-13,15-16H,3-8H2,1-2H3. The highest BCUT2D eigenvalue weighted by molar-refractivity contribution is 5.13. The van der Waals surface area contributed by atoms with Crippen LogP contribution in [0.25, 0.3) is 0 Å². The second-order valence-corrected chi connectivity index (χ2v) is 5.28. The molecule has 1 aromatic rings. The summed E-state index contributed by atoms with van der Waals surface area (Å²) in [6.45, 7) is 5.54. The summed E-state index contributed by atoms with van der Waals surface area (Å²) >= 11 is 0. The fourth-order valence-electron chi connectivity index (χ4n) is 3.16. The molecule has 1 atom stereocenters. The molecule has 1 aliphatic rings. The van der Waals surface area contributed by atoms with Crippen molar-refractivity contribution < 1.29 is 4.42 Å². The van der Waals surface area contributed by atoms with E-state index in [1.807, 2.05) is 6.26 Å². The lowest BCUT2D eigenvalue weighted by Gasteiger charge is -2.33. The van der Waals surface area contributed by atoms with E-state index < -0.39 is 0 Å². The van der Waals surface area contributed by atoms with Gasteiger partial charge in [0.25, 0.3) is 0 Å². The Morgan fingerprint density at radius 2 is 2.06 bits per heavy atom. The van der Waals surface area contributed by atoms with Gasteiger partial charge in [-0.05, 0) is 37.3 Å².